The van der Waals surface area contributed by atoms with E-state index in [1.54, 1.807) is 17.5 Å². The molecular weight excluding hydrogens is 337 g/mol. The van der Waals surface area contributed by atoms with Gasteiger partial charge in [0.15, 0.2) is 0 Å². The lowest BCUT2D eigenvalue weighted by Crippen LogP contribution is -2.24. The zero-order chi connectivity index (χ0) is 17.5. The van der Waals surface area contributed by atoms with Crippen LogP contribution in [-0.4, -0.2) is 23.3 Å². The van der Waals surface area contributed by atoms with Crippen molar-refractivity contribution in [2.24, 2.45) is 0 Å². The maximum absolute atomic E-state index is 13.2. The third-order valence-electron chi connectivity index (χ3n) is 3.04. The number of nitro groups is 1. The number of nitrogens with zero attached hydrogens (tertiary/aromatic N) is 1. The van der Waals surface area contributed by atoms with Gasteiger partial charge in [-0.3, -0.25) is 19.7 Å². The molecule has 24 heavy (non-hydrogen) atoms. The van der Waals surface area contributed by atoms with Gasteiger partial charge in [-0.2, -0.15) is 4.39 Å². The Morgan fingerprint density at radius 1 is 1.29 bits per heavy atom. The minimum absolute atomic E-state index is 0.121. The van der Waals surface area contributed by atoms with E-state index >= 15 is 0 Å². The van der Waals surface area contributed by atoms with E-state index in [9.17, 15) is 24.1 Å². The quantitative estimate of drug-likeness (QED) is 0.455. The summed E-state index contributed by atoms with van der Waals surface area (Å²) in [5, 5.41) is 17.6. The van der Waals surface area contributed by atoms with Crippen LogP contribution >= 0.6 is 11.3 Å². The summed E-state index contributed by atoms with van der Waals surface area (Å²) in [4.78, 5) is 33.8. The number of carbonyl (C=O) groups excluding carboxylic acids is 2. The smallest absolute Gasteiger partial charge is 0.306 e. The van der Waals surface area contributed by atoms with Gasteiger partial charge in [0.05, 0.1) is 9.80 Å². The first-order chi connectivity index (χ1) is 11.5. The molecule has 0 spiro atoms. The number of nitro benzene ring substituents is 1. The minimum Gasteiger partial charge on any atom is -0.351 e. The van der Waals surface area contributed by atoms with Crippen LogP contribution in [0.1, 0.15) is 22.5 Å². The first kappa shape index (κ1) is 17.5. The standard InChI is InChI=1S/C15H14FN3O4S/c16-11-6-5-10(9-12(11)19(22)23)18-14(20)4-1-7-17-15(21)13-3-2-8-24-13/h2-3,5-6,8-9H,1,4,7H2,(H,17,21)(H,18,20). The minimum atomic E-state index is -0.964. The van der Waals surface area contributed by atoms with Crippen molar-refractivity contribution < 1.29 is 18.9 Å². The van der Waals surface area contributed by atoms with E-state index in [0.29, 0.717) is 17.8 Å². The fourth-order valence-corrected chi connectivity index (χ4v) is 2.54. The molecule has 0 unspecified atom stereocenters. The number of hydrogen-bond acceptors (Lipinski definition) is 5. The Labute approximate surface area is 140 Å². The van der Waals surface area contributed by atoms with Crippen molar-refractivity contribution in [1.82, 2.24) is 5.32 Å². The highest BCUT2D eigenvalue weighted by atomic mass is 32.1. The average Bonchev–Trinajstić information content (AvgIpc) is 3.07. The number of amides is 2. The van der Waals surface area contributed by atoms with Crippen LogP contribution in [0.2, 0.25) is 0 Å². The number of nitrogens with one attached hydrogen (secondary N) is 2. The summed E-state index contributed by atoms with van der Waals surface area (Å²) < 4.78 is 13.2. The zero-order valence-electron chi connectivity index (χ0n) is 12.5. The van der Waals surface area contributed by atoms with Crippen molar-refractivity contribution in [3.05, 3.63) is 56.5 Å². The molecule has 0 aliphatic rings. The molecule has 0 bridgehead atoms. The van der Waals surface area contributed by atoms with Gasteiger partial charge in [-0.15, -0.1) is 11.3 Å². The second-order valence-corrected chi connectivity index (χ2v) is 5.76. The molecule has 2 aromatic rings. The molecule has 0 saturated carbocycles. The van der Waals surface area contributed by atoms with Crippen molar-refractivity contribution in [2.75, 3.05) is 11.9 Å². The number of thiophene rings is 1. The lowest BCUT2D eigenvalue weighted by atomic mass is 10.2. The fourth-order valence-electron chi connectivity index (χ4n) is 1.90. The molecule has 2 amide bonds. The largest absolute Gasteiger partial charge is 0.351 e. The number of carbonyl (C=O) groups is 2. The molecule has 0 aliphatic carbocycles. The van der Waals surface area contributed by atoms with Crippen LogP contribution in [0.5, 0.6) is 0 Å². The van der Waals surface area contributed by atoms with Crippen LogP contribution < -0.4 is 10.6 Å². The first-order valence-corrected chi connectivity index (χ1v) is 7.91. The third-order valence-corrected chi connectivity index (χ3v) is 3.91. The summed E-state index contributed by atoms with van der Waals surface area (Å²) in [6.07, 6.45) is 0.530. The number of rotatable bonds is 7. The molecule has 1 aromatic heterocycles. The highest BCUT2D eigenvalue weighted by Crippen LogP contribution is 2.21. The number of anilines is 1. The predicted molar refractivity (Wildman–Crippen MR) is 87.6 cm³/mol. The Kier molecular flexibility index (Phi) is 5.96. The molecular formula is C15H14FN3O4S. The van der Waals surface area contributed by atoms with E-state index in [-0.39, 0.29) is 23.9 Å². The molecule has 0 fully saturated rings. The Hall–Kier alpha value is -2.81. The van der Waals surface area contributed by atoms with Gasteiger partial charge in [-0.1, -0.05) is 6.07 Å². The molecule has 0 atom stereocenters. The summed E-state index contributed by atoms with van der Waals surface area (Å²) in [5.41, 5.74) is -0.549. The molecule has 0 aliphatic heterocycles. The highest BCUT2D eigenvalue weighted by molar-refractivity contribution is 7.12. The Morgan fingerprint density at radius 2 is 2.08 bits per heavy atom. The highest BCUT2D eigenvalue weighted by Gasteiger charge is 2.15. The lowest BCUT2D eigenvalue weighted by molar-refractivity contribution is -0.387. The Balaban J connectivity index is 1.76. The number of hydrogen-bond donors (Lipinski definition) is 2. The monoisotopic (exact) mass is 351 g/mol. The second-order valence-electron chi connectivity index (χ2n) is 4.81. The van der Waals surface area contributed by atoms with E-state index in [2.05, 4.69) is 10.6 Å². The topological polar surface area (TPSA) is 101 Å². The zero-order valence-corrected chi connectivity index (χ0v) is 13.3. The molecule has 1 aromatic carbocycles. The molecule has 7 nitrogen and oxygen atoms in total. The van der Waals surface area contributed by atoms with Gasteiger partial charge in [0, 0.05) is 24.7 Å². The van der Waals surface area contributed by atoms with Crippen LogP contribution in [0, 0.1) is 15.9 Å². The van der Waals surface area contributed by atoms with Gasteiger partial charge < -0.3 is 10.6 Å². The van der Waals surface area contributed by atoms with Crippen LogP contribution in [-0.2, 0) is 4.79 Å². The average molecular weight is 351 g/mol. The summed E-state index contributed by atoms with van der Waals surface area (Å²) >= 11 is 1.32. The molecule has 9 heteroatoms. The van der Waals surface area contributed by atoms with E-state index in [1.165, 1.54) is 17.4 Å². The predicted octanol–water partition coefficient (Wildman–Crippen LogP) is 2.94. The van der Waals surface area contributed by atoms with Crippen LogP contribution in [0.15, 0.2) is 35.7 Å². The SMILES string of the molecule is O=C(CCCNC(=O)c1cccs1)Nc1ccc(F)c([N+](=O)[O-])c1. The summed E-state index contributed by atoms with van der Waals surface area (Å²) in [5.74, 6) is -1.53. The van der Waals surface area contributed by atoms with Crippen molar-refractivity contribution in [1.29, 1.82) is 0 Å². The molecule has 2 N–H and O–H groups in total. The van der Waals surface area contributed by atoms with Crippen LogP contribution in [0.25, 0.3) is 0 Å². The summed E-state index contributed by atoms with van der Waals surface area (Å²) in [7, 11) is 0. The van der Waals surface area contributed by atoms with E-state index in [4.69, 9.17) is 0 Å². The van der Waals surface area contributed by atoms with Crippen molar-refractivity contribution >= 4 is 34.5 Å². The molecule has 1 heterocycles. The van der Waals surface area contributed by atoms with Crippen molar-refractivity contribution in [3.63, 3.8) is 0 Å². The van der Waals surface area contributed by atoms with Gasteiger partial charge in [0.1, 0.15) is 0 Å². The maximum Gasteiger partial charge on any atom is 0.306 e. The fraction of sp³-hybridized carbons (Fsp3) is 0.200. The summed E-state index contributed by atoms with van der Waals surface area (Å²) in [6.45, 7) is 0.327. The van der Waals surface area contributed by atoms with Crippen molar-refractivity contribution in [2.45, 2.75) is 12.8 Å². The van der Waals surface area contributed by atoms with Gasteiger partial charge in [-0.25, -0.2) is 0 Å². The van der Waals surface area contributed by atoms with E-state index < -0.39 is 16.4 Å². The Morgan fingerprint density at radius 3 is 2.75 bits per heavy atom. The van der Waals surface area contributed by atoms with Crippen LogP contribution in [0.4, 0.5) is 15.8 Å². The van der Waals surface area contributed by atoms with Crippen molar-refractivity contribution in [3.8, 4) is 0 Å². The normalized spacial score (nSPS) is 10.2. The third kappa shape index (κ3) is 4.85. The molecule has 0 saturated heterocycles. The van der Waals surface area contributed by atoms with Gasteiger partial charge in [0.25, 0.3) is 5.91 Å². The van der Waals surface area contributed by atoms with Gasteiger partial charge >= 0.3 is 5.69 Å². The summed E-state index contributed by atoms with van der Waals surface area (Å²) in [6, 6.07) is 6.61. The lowest BCUT2D eigenvalue weighted by Gasteiger charge is -2.06. The van der Waals surface area contributed by atoms with E-state index in [0.717, 1.165) is 12.1 Å². The number of benzene rings is 1. The Bertz CT molecular complexity index is 749. The second kappa shape index (κ2) is 8.16. The van der Waals surface area contributed by atoms with Gasteiger partial charge in [0.2, 0.25) is 11.7 Å². The maximum atomic E-state index is 13.2. The van der Waals surface area contributed by atoms with Gasteiger partial charge in [-0.05, 0) is 30.0 Å². The van der Waals surface area contributed by atoms with E-state index in [1.807, 2.05) is 0 Å². The van der Waals surface area contributed by atoms with Crippen LogP contribution in [0.3, 0.4) is 0 Å². The molecule has 0 radical (unpaired) electrons. The first-order valence-electron chi connectivity index (χ1n) is 7.03. The number of halogens is 1. The molecule has 2 rings (SSSR count). The molecule has 126 valence electrons.